The van der Waals surface area contributed by atoms with E-state index in [0.717, 1.165) is 5.57 Å². The fraction of sp³-hybridized carbons (Fsp3) is 0.312. The predicted octanol–water partition coefficient (Wildman–Crippen LogP) is 7.46. The van der Waals surface area contributed by atoms with Crippen molar-refractivity contribution in [3.05, 3.63) is 77.6 Å². The maximum absolute atomic E-state index is 14.6. The highest BCUT2D eigenvalue weighted by Crippen LogP contribution is 2.51. The van der Waals surface area contributed by atoms with Crippen LogP contribution in [0.25, 0.3) is 28.0 Å². The maximum Gasteiger partial charge on any atom is 0.276 e. The van der Waals surface area contributed by atoms with Crippen LogP contribution in [0.3, 0.4) is 0 Å². The number of aromatic hydroxyl groups is 1. The average molecular weight is 723 g/mol. The smallest absolute Gasteiger partial charge is 0.276 e. The fourth-order valence-corrected chi connectivity index (χ4v) is 7.45. The van der Waals surface area contributed by atoms with E-state index in [-0.39, 0.29) is 65.4 Å². The predicted molar refractivity (Wildman–Crippen MR) is 186 cm³/mol. The number of phenolic OH excluding ortho intramolecular Hbond substituents is 1. The van der Waals surface area contributed by atoms with Crippen molar-refractivity contribution < 1.29 is 9.90 Å². The Morgan fingerprint density at radius 1 is 1.11 bits per heavy atom. The van der Waals surface area contributed by atoms with E-state index in [9.17, 15) is 20.0 Å². The molecule has 5 rings (SSSR count). The Labute approximate surface area is 291 Å². The number of allylic oxidation sites excluding steroid dienone is 2. The minimum Gasteiger partial charge on any atom is -0.505 e. The number of rotatable bonds is 5. The van der Waals surface area contributed by atoms with Gasteiger partial charge in [-0.05, 0) is 42.8 Å². The monoisotopic (exact) mass is 720 g/mol. The zero-order chi connectivity index (χ0) is 33.8. The first-order chi connectivity index (χ1) is 21.7. The van der Waals surface area contributed by atoms with Crippen LogP contribution in [0.4, 0.5) is 5.69 Å². The molecule has 2 aliphatic heterocycles. The molecule has 0 radical (unpaired) electrons. The Morgan fingerprint density at radius 2 is 1.76 bits per heavy atom. The first-order valence-corrected chi connectivity index (χ1v) is 16.2. The minimum absolute atomic E-state index is 0.0235. The van der Waals surface area contributed by atoms with Gasteiger partial charge in [-0.2, -0.15) is 5.26 Å². The van der Waals surface area contributed by atoms with Gasteiger partial charge in [0.1, 0.15) is 22.3 Å². The van der Waals surface area contributed by atoms with Crippen molar-refractivity contribution in [1.82, 2.24) is 19.4 Å². The number of hydrogen-bond acceptors (Lipinski definition) is 7. The number of carbonyl (C=O) groups is 1. The Morgan fingerprint density at radius 3 is 2.35 bits per heavy atom. The van der Waals surface area contributed by atoms with E-state index >= 15 is 0 Å². The van der Waals surface area contributed by atoms with Crippen molar-refractivity contribution in [2.24, 2.45) is 5.92 Å². The average Bonchev–Trinajstić information content (AvgIpc) is 3.03. The third-order valence-electron chi connectivity index (χ3n) is 8.30. The van der Waals surface area contributed by atoms with Gasteiger partial charge < -0.3 is 19.8 Å². The molecule has 2 aliphatic rings. The molecule has 1 N–H and O–H groups in total. The molecule has 1 atom stereocenters. The molecule has 1 fully saturated rings. The number of piperazine rings is 1. The lowest BCUT2D eigenvalue weighted by Crippen LogP contribution is -2.49. The van der Waals surface area contributed by atoms with Gasteiger partial charge in [-0.1, -0.05) is 78.4 Å². The summed E-state index contributed by atoms with van der Waals surface area (Å²) in [6.45, 7) is 10.9. The second-order valence-corrected chi connectivity index (χ2v) is 13.3. The SMILES string of the molecule is C=CC(=O)N1CCN(c2c(C#N)c(=O)n(C3=C(C)C=CN(C)C3C(C)C)c3nc(-c4c(Cl)c(O)c(Cl)c(Cl)c4Cl)c(Cl)cc23)CC1. The van der Waals surface area contributed by atoms with Gasteiger partial charge in [0.15, 0.2) is 5.75 Å². The van der Waals surface area contributed by atoms with Gasteiger partial charge in [0, 0.05) is 44.2 Å². The zero-order valence-corrected chi connectivity index (χ0v) is 29.1. The van der Waals surface area contributed by atoms with Gasteiger partial charge in [0.2, 0.25) is 5.91 Å². The van der Waals surface area contributed by atoms with E-state index in [2.05, 4.69) is 12.6 Å². The Bertz CT molecular complexity index is 1940. The van der Waals surface area contributed by atoms with Crippen LogP contribution in [0, 0.1) is 17.2 Å². The number of phenols is 1. The summed E-state index contributed by atoms with van der Waals surface area (Å²) >= 11 is 32.6. The molecule has 14 heteroatoms. The van der Waals surface area contributed by atoms with Crippen molar-refractivity contribution in [3.8, 4) is 23.1 Å². The second kappa shape index (κ2) is 13.0. The number of pyridine rings is 2. The third kappa shape index (κ3) is 5.50. The normalized spacial score (nSPS) is 16.9. The summed E-state index contributed by atoms with van der Waals surface area (Å²) in [6, 6.07) is 3.48. The molecule has 0 spiro atoms. The van der Waals surface area contributed by atoms with E-state index in [0.29, 0.717) is 42.9 Å². The Balaban J connectivity index is 1.91. The summed E-state index contributed by atoms with van der Waals surface area (Å²) < 4.78 is 1.45. The molecule has 0 bridgehead atoms. The van der Waals surface area contributed by atoms with Crippen LogP contribution in [-0.2, 0) is 4.79 Å². The summed E-state index contributed by atoms with van der Waals surface area (Å²) in [5.74, 6) is -0.664. The van der Waals surface area contributed by atoms with Crippen LogP contribution >= 0.6 is 58.0 Å². The number of fused-ring (bicyclic) bond motifs is 1. The molecule has 1 saturated heterocycles. The zero-order valence-electron chi connectivity index (χ0n) is 25.3. The van der Waals surface area contributed by atoms with Gasteiger partial charge in [0.05, 0.1) is 43.2 Å². The molecule has 240 valence electrons. The van der Waals surface area contributed by atoms with Crippen molar-refractivity contribution in [1.29, 1.82) is 5.26 Å². The quantitative estimate of drug-likeness (QED) is 0.166. The van der Waals surface area contributed by atoms with Crippen molar-refractivity contribution in [2.75, 3.05) is 38.1 Å². The van der Waals surface area contributed by atoms with E-state index in [4.69, 9.17) is 63.0 Å². The van der Waals surface area contributed by atoms with E-state index in [1.165, 1.54) is 10.6 Å². The molecular formula is C32H29Cl5N6O3. The molecule has 0 saturated carbocycles. The molecule has 9 nitrogen and oxygen atoms in total. The Hall–Kier alpha value is -3.39. The molecule has 1 aromatic carbocycles. The summed E-state index contributed by atoms with van der Waals surface area (Å²) in [4.78, 5) is 37.3. The van der Waals surface area contributed by atoms with Gasteiger partial charge in [-0.3, -0.25) is 14.2 Å². The second-order valence-electron chi connectivity index (χ2n) is 11.4. The lowest BCUT2D eigenvalue weighted by atomic mass is 9.93. The van der Waals surface area contributed by atoms with Crippen molar-refractivity contribution >= 4 is 86.3 Å². The molecule has 1 amide bonds. The molecule has 3 aromatic rings. The first-order valence-electron chi connectivity index (χ1n) is 14.3. The lowest BCUT2D eigenvalue weighted by molar-refractivity contribution is -0.126. The largest absolute Gasteiger partial charge is 0.505 e. The molecule has 1 unspecified atom stereocenters. The van der Waals surface area contributed by atoms with Crippen molar-refractivity contribution in [3.63, 3.8) is 0 Å². The number of nitrogens with zero attached hydrogens (tertiary/aromatic N) is 6. The molecule has 46 heavy (non-hydrogen) atoms. The number of carbonyl (C=O) groups excluding carboxylic acids is 1. The highest BCUT2D eigenvalue weighted by atomic mass is 35.5. The molecule has 0 aliphatic carbocycles. The van der Waals surface area contributed by atoms with Crippen LogP contribution < -0.4 is 10.5 Å². The molecular weight excluding hydrogens is 694 g/mol. The standard InChI is InChI=1S/C32H29Cl5N6O3/c1-6-20(44)41-9-11-42(12-10-41)29-17-13-19(33)26(21-22(34)24(36)25(37)30(45)23(21)35)39-31(17)43(32(46)18(29)14-38)28-16(4)7-8-40(5)27(28)15(2)3/h6-8,13,15,27,45H,1,9-12H2,2-5H3. The summed E-state index contributed by atoms with van der Waals surface area (Å²) in [7, 11) is 1.91. The number of anilines is 1. The van der Waals surface area contributed by atoms with Gasteiger partial charge in [-0.15, -0.1) is 0 Å². The summed E-state index contributed by atoms with van der Waals surface area (Å²) in [6.07, 6.45) is 5.09. The first kappa shape index (κ1) is 34.0. The molecule has 4 heterocycles. The van der Waals surface area contributed by atoms with E-state index in [1.54, 1.807) is 11.0 Å². The summed E-state index contributed by atoms with van der Waals surface area (Å²) in [5.41, 5.74) is 1.36. The highest BCUT2D eigenvalue weighted by Gasteiger charge is 2.34. The number of likely N-dealkylation sites (N-methyl/N-ethyl adjacent to an activating group) is 1. The number of nitriles is 1. The number of hydrogen-bond donors (Lipinski definition) is 1. The lowest BCUT2D eigenvalue weighted by Gasteiger charge is -2.38. The number of benzene rings is 1. The van der Waals surface area contributed by atoms with Gasteiger partial charge in [0.25, 0.3) is 5.56 Å². The summed E-state index contributed by atoms with van der Waals surface area (Å²) in [5, 5.41) is 20.9. The molecule has 2 aromatic heterocycles. The van der Waals surface area contributed by atoms with Crippen LogP contribution in [0.5, 0.6) is 5.75 Å². The number of halogens is 5. The maximum atomic E-state index is 14.6. The van der Waals surface area contributed by atoms with Crippen LogP contribution in [-0.4, -0.2) is 69.6 Å². The van der Waals surface area contributed by atoms with Crippen molar-refractivity contribution in [2.45, 2.75) is 26.8 Å². The van der Waals surface area contributed by atoms with Crippen LogP contribution in [0.2, 0.25) is 25.1 Å². The van der Waals surface area contributed by atoms with E-state index in [1.807, 2.05) is 49.9 Å². The topological polar surface area (TPSA) is 106 Å². The Kier molecular flexibility index (Phi) is 9.61. The van der Waals surface area contributed by atoms with Crippen LogP contribution in [0.1, 0.15) is 26.3 Å². The highest BCUT2D eigenvalue weighted by molar-refractivity contribution is 6.52. The number of aromatic nitrogens is 2. The number of amides is 1. The van der Waals surface area contributed by atoms with E-state index < -0.39 is 11.3 Å². The van der Waals surface area contributed by atoms with Gasteiger partial charge >= 0.3 is 0 Å². The minimum atomic E-state index is -0.576. The third-order valence-corrected chi connectivity index (χ3v) is 10.3. The fourth-order valence-electron chi connectivity index (χ4n) is 6.13. The van der Waals surface area contributed by atoms with Crippen LogP contribution in [0.15, 0.2) is 41.4 Å². The van der Waals surface area contributed by atoms with Gasteiger partial charge in [-0.25, -0.2) is 4.98 Å².